The van der Waals surface area contributed by atoms with E-state index in [0.29, 0.717) is 17.7 Å². The maximum absolute atomic E-state index is 14.5. The molecule has 200 valence electrons. The van der Waals surface area contributed by atoms with Crippen molar-refractivity contribution in [3.8, 4) is 17.2 Å². The summed E-state index contributed by atoms with van der Waals surface area (Å²) in [4.78, 5) is 28.8. The van der Waals surface area contributed by atoms with Crippen LogP contribution in [0, 0.1) is 17.8 Å². The number of hydrogen-bond acceptors (Lipinski definition) is 8. The molecule has 4 fully saturated rings. The minimum Gasteiger partial charge on any atom is -0.507 e. The second kappa shape index (κ2) is 6.96. The van der Waals surface area contributed by atoms with Crippen LogP contribution in [0.25, 0.3) is 0 Å². The fourth-order valence-electron chi connectivity index (χ4n) is 7.84. The van der Waals surface area contributed by atoms with Crippen molar-refractivity contribution in [3.05, 3.63) is 29.3 Å². The van der Waals surface area contributed by atoms with Gasteiger partial charge in [-0.2, -0.15) is 0 Å². The lowest BCUT2D eigenvalue weighted by Gasteiger charge is -2.62. The molecule has 7 rings (SSSR count). The first-order valence-corrected chi connectivity index (χ1v) is 13.0. The summed E-state index contributed by atoms with van der Waals surface area (Å²) < 4.78 is 25.7. The van der Waals surface area contributed by atoms with E-state index in [4.69, 9.17) is 18.9 Å². The number of aliphatic hydroxyl groups is 1. The number of fused-ring (bicyclic) bond motifs is 3. The van der Waals surface area contributed by atoms with E-state index >= 15 is 0 Å². The van der Waals surface area contributed by atoms with Gasteiger partial charge in [0, 0.05) is 36.0 Å². The number of rotatable bonds is 3. The highest BCUT2D eigenvalue weighted by Gasteiger charge is 2.85. The molecular weight excluding hydrogens is 476 g/mol. The lowest BCUT2D eigenvalue weighted by Crippen LogP contribution is -2.80. The molecule has 3 aliphatic heterocycles. The van der Waals surface area contributed by atoms with Crippen LogP contribution in [0.4, 0.5) is 0 Å². The van der Waals surface area contributed by atoms with Crippen LogP contribution in [0.5, 0.6) is 17.2 Å². The first kappa shape index (κ1) is 24.9. The zero-order valence-corrected chi connectivity index (χ0v) is 22.7. The smallest absolute Gasteiger partial charge is 0.186 e. The standard InChI is InChI=1S/C29H36O8/c1-13-26(4,5)19-16(35-13)12-15(30)18-21(31)20-22(34-8)14-11-17-27(6,7)37-28(24(14)32,10-9-25(2,3)33)29(17,20)36-23(18)19/h9-10,12-14,17,20,22,30,33H,11H2,1-8H3/b10-9+/t13?,14-,17?,20+,22-,28-,29-/m1/s1. The molecule has 0 amide bonds. The summed E-state index contributed by atoms with van der Waals surface area (Å²) in [5.41, 5.74) is -4.83. The van der Waals surface area contributed by atoms with Gasteiger partial charge in [-0.3, -0.25) is 9.59 Å². The van der Waals surface area contributed by atoms with Crippen LogP contribution in [-0.2, 0) is 19.7 Å². The largest absolute Gasteiger partial charge is 0.507 e. The maximum Gasteiger partial charge on any atom is 0.186 e. The second-order valence-electron chi connectivity index (χ2n) is 13.1. The van der Waals surface area contributed by atoms with E-state index in [2.05, 4.69) is 0 Å². The Labute approximate surface area is 216 Å². The molecule has 8 nitrogen and oxygen atoms in total. The van der Waals surface area contributed by atoms with Crippen LogP contribution in [0.1, 0.15) is 70.8 Å². The number of Topliss-reactive ketones (excluding diaryl/α,β-unsaturated/α-hetero) is 2. The molecule has 1 saturated heterocycles. The summed E-state index contributed by atoms with van der Waals surface area (Å²) >= 11 is 0. The topological polar surface area (TPSA) is 112 Å². The van der Waals surface area contributed by atoms with E-state index in [9.17, 15) is 19.8 Å². The molecule has 3 saturated carbocycles. The third kappa shape index (κ3) is 2.74. The number of methoxy groups -OCH3 is 1. The molecular formula is C29H36O8. The summed E-state index contributed by atoms with van der Waals surface area (Å²) in [6.45, 7) is 13.0. The Morgan fingerprint density at radius 3 is 2.49 bits per heavy atom. The monoisotopic (exact) mass is 512 g/mol. The molecule has 2 N–H and O–H groups in total. The number of ether oxygens (including phenoxy) is 4. The molecule has 0 aromatic heterocycles. The SMILES string of the molecule is CO[C@@H]1[C@H]2CC3C(C)(C)O[C@](/C=C/C(C)(C)O)(C2=O)[C@@]32Oc3c(c(O)cc4c3C(C)(C)C(C)O4)C(=O)[C@@H]12. The molecule has 1 aromatic carbocycles. The Hall–Kier alpha value is -2.42. The van der Waals surface area contributed by atoms with Crippen LogP contribution in [0.15, 0.2) is 18.2 Å². The van der Waals surface area contributed by atoms with E-state index in [1.165, 1.54) is 13.2 Å². The summed E-state index contributed by atoms with van der Waals surface area (Å²) in [6.07, 6.45) is 2.63. The van der Waals surface area contributed by atoms with Crippen molar-refractivity contribution >= 4 is 11.6 Å². The summed E-state index contributed by atoms with van der Waals surface area (Å²) in [5.74, 6) is -1.86. The number of phenols is 1. The third-order valence-corrected chi connectivity index (χ3v) is 9.73. The average Bonchev–Trinajstić information content (AvgIpc) is 3.08. The zero-order valence-electron chi connectivity index (χ0n) is 22.7. The Balaban J connectivity index is 1.70. The van der Waals surface area contributed by atoms with Gasteiger partial charge in [0.05, 0.1) is 23.2 Å². The molecule has 1 spiro atoms. The van der Waals surface area contributed by atoms with Crippen LogP contribution in [0.2, 0.25) is 0 Å². The average molecular weight is 513 g/mol. The van der Waals surface area contributed by atoms with Gasteiger partial charge in [0.2, 0.25) is 0 Å². The van der Waals surface area contributed by atoms with Gasteiger partial charge in [-0.25, -0.2) is 0 Å². The molecule has 4 bridgehead atoms. The van der Waals surface area contributed by atoms with Gasteiger partial charge in [0.25, 0.3) is 0 Å². The Morgan fingerprint density at radius 1 is 1.19 bits per heavy atom. The molecule has 0 radical (unpaired) electrons. The van der Waals surface area contributed by atoms with E-state index in [1.807, 2.05) is 34.6 Å². The molecule has 1 aromatic rings. The molecule has 3 heterocycles. The normalized spacial score (nSPS) is 40.3. The highest BCUT2D eigenvalue weighted by atomic mass is 16.6. The number of phenolic OH excluding ortho intramolecular Hbond substituents is 1. The third-order valence-electron chi connectivity index (χ3n) is 9.73. The van der Waals surface area contributed by atoms with Crippen molar-refractivity contribution in [1.29, 1.82) is 0 Å². The van der Waals surface area contributed by atoms with E-state index in [1.54, 1.807) is 26.0 Å². The van der Waals surface area contributed by atoms with Crippen LogP contribution in [-0.4, -0.2) is 63.5 Å². The highest BCUT2D eigenvalue weighted by molar-refractivity contribution is 6.10. The van der Waals surface area contributed by atoms with E-state index in [0.717, 1.165) is 0 Å². The lowest BCUT2D eigenvalue weighted by molar-refractivity contribution is -0.212. The number of carbonyl (C=O) groups excluding carboxylic acids is 2. The lowest BCUT2D eigenvalue weighted by atomic mass is 9.46. The summed E-state index contributed by atoms with van der Waals surface area (Å²) in [7, 11) is 1.50. The molecule has 2 unspecified atom stereocenters. The van der Waals surface area contributed by atoms with Gasteiger partial charge in [-0.1, -0.05) is 19.9 Å². The second-order valence-corrected chi connectivity index (χ2v) is 13.1. The molecule has 8 heteroatoms. The van der Waals surface area contributed by atoms with Crippen molar-refractivity contribution in [1.82, 2.24) is 0 Å². The van der Waals surface area contributed by atoms with Crippen LogP contribution in [0.3, 0.4) is 0 Å². The Kier molecular flexibility index (Phi) is 4.68. The minimum atomic E-state index is -1.62. The first-order chi connectivity index (χ1) is 17.0. The van der Waals surface area contributed by atoms with Gasteiger partial charge in [-0.15, -0.1) is 0 Å². The zero-order chi connectivity index (χ0) is 27.1. The predicted molar refractivity (Wildman–Crippen MR) is 133 cm³/mol. The number of hydrogen-bond donors (Lipinski definition) is 2. The number of ketones is 2. The van der Waals surface area contributed by atoms with Gasteiger partial charge in [0.1, 0.15) is 28.9 Å². The molecule has 6 aliphatic rings. The minimum absolute atomic E-state index is 0.0982. The Bertz CT molecular complexity index is 1270. The predicted octanol–water partition coefficient (Wildman–Crippen LogP) is 3.49. The van der Waals surface area contributed by atoms with Gasteiger partial charge >= 0.3 is 0 Å². The number of carbonyl (C=O) groups is 2. The van der Waals surface area contributed by atoms with Crippen molar-refractivity contribution < 1.29 is 38.7 Å². The van der Waals surface area contributed by atoms with E-state index in [-0.39, 0.29) is 40.7 Å². The van der Waals surface area contributed by atoms with Gasteiger partial charge < -0.3 is 29.2 Å². The van der Waals surface area contributed by atoms with Crippen molar-refractivity contribution in [2.24, 2.45) is 17.8 Å². The van der Waals surface area contributed by atoms with E-state index < -0.39 is 45.8 Å². The summed E-state index contributed by atoms with van der Waals surface area (Å²) in [5, 5.41) is 21.7. The number of aromatic hydroxyl groups is 1. The fraction of sp³-hybridized carbons (Fsp3) is 0.655. The molecule has 3 aliphatic carbocycles. The summed E-state index contributed by atoms with van der Waals surface area (Å²) in [6, 6.07) is 1.49. The van der Waals surface area contributed by atoms with Crippen LogP contribution < -0.4 is 9.47 Å². The highest BCUT2D eigenvalue weighted by Crippen LogP contribution is 2.70. The Morgan fingerprint density at radius 2 is 1.86 bits per heavy atom. The van der Waals surface area contributed by atoms with Crippen molar-refractivity contribution in [3.63, 3.8) is 0 Å². The van der Waals surface area contributed by atoms with Gasteiger partial charge in [-0.05, 0) is 47.1 Å². The van der Waals surface area contributed by atoms with Crippen molar-refractivity contribution in [2.45, 2.75) is 94.9 Å². The van der Waals surface area contributed by atoms with Gasteiger partial charge in [0.15, 0.2) is 22.8 Å². The first-order valence-electron chi connectivity index (χ1n) is 13.0. The van der Waals surface area contributed by atoms with Crippen molar-refractivity contribution in [2.75, 3.05) is 7.11 Å². The maximum atomic E-state index is 14.5. The number of benzene rings is 1. The molecule has 7 atom stereocenters. The quantitative estimate of drug-likeness (QED) is 0.592. The fourth-order valence-corrected chi connectivity index (χ4v) is 7.84. The van der Waals surface area contributed by atoms with Crippen LogP contribution >= 0.6 is 0 Å². The molecule has 37 heavy (non-hydrogen) atoms.